The maximum absolute atomic E-state index is 13.1. The lowest BCUT2D eigenvalue weighted by Crippen LogP contribution is -2.39. The van der Waals surface area contributed by atoms with E-state index in [1.54, 1.807) is 6.20 Å². The number of likely N-dealkylation sites (tertiary alicyclic amines) is 1. The largest absolute Gasteiger partial charge is 0.365 e. The van der Waals surface area contributed by atoms with Crippen LogP contribution in [0.15, 0.2) is 35.3 Å². The van der Waals surface area contributed by atoms with Gasteiger partial charge in [-0.2, -0.15) is 4.98 Å². The van der Waals surface area contributed by atoms with Crippen molar-refractivity contribution in [3.8, 4) is 0 Å². The van der Waals surface area contributed by atoms with E-state index in [0.717, 1.165) is 43.6 Å². The van der Waals surface area contributed by atoms with E-state index in [4.69, 9.17) is 10.7 Å². The Kier molecular flexibility index (Phi) is 4.07. The number of piperidine rings is 1. The van der Waals surface area contributed by atoms with E-state index >= 15 is 0 Å². The molecule has 3 N–H and O–H groups in total. The fraction of sp³-hybridized carbons (Fsp3) is 0.391. The standard InChI is InChI=1S/C23H25N7O2/c1-28-9-6-23(7-10-28)8-11-29(13-23)22-25-12-14-18(31)17(19(24)32)21-26-15-4-2-3-5-16(15)30(21)20(14)27-22/h2-5,12,26H,6-11,13H2,1H3,(H2,24,32). The van der Waals surface area contributed by atoms with Crippen molar-refractivity contribution in [3.05, 3.63) is 46.2 Å². The van der Waals surface area contributed by atoms with Crippen LogP contribution in [-0.4, -0.2) is 63.4 Å². The molecule has 0 bridgehead atoms. The molecule has 0 aliphatic carbocycles. The molecule has 0 unspecified atom stereocenters. The van der Waals surface area contributed by atoms with Gasteiger partial charge in [-0.3, -0.25) is 14.0 Å². The van der Waals surface area contributed by atoms with Crippen LogP contribution in [0.4, 0.5) is 5.95 Å². The molecule has 2 aliphatic rings. The third kappa shape index (κ3) is 2.74. The molecule has 3 aromatic heterocycles. The third-order valence-electron chi connectivity index (χ3n) is 7.31. The average molecular weight is 432 g/mol. The molecule has 1 spiro atoms. The SMILES string of the molecule is CN1CCC2(CC1)CCN(c1ncc3c(=O)c(C(N)=O)c4[nH]c5ccccc5n4c3n1)C2. The highest BCUT2D eigenvalue weighted by Crippen LogP contribution is 2.41. The summed E-state index contributed by atoms with van der Waals surface area (Å²) in [6.07, 6.45) is 5.04. The number of amides is 1. The topological polar surface area (TPSA) is 113 Å². The third-order valence-corrected chi connectivity index (χ3v) is 7.31. The summed E-state index contributed by atoms with van der Waals surface area (Å²) in [6.45, 7) is 4.07. The van der Waals surface area contributed by atoms with Crippen LogP contribution < -0.4 is 16.1 Å². The number of H-pyrrole nitrogens is 1. The second kappa shape index (κ2) is 6.77. The number of carbonyl (C=O) groups is 1. The van der Waals surface area contributed by atoms with E-state index in [0.29, 0.717) is 22.7 Å². The van der Waals surface area contributed by atoms with Gasteiger partial charge in [-0.15, -0.1) is 0 Å². The summed E-state index contributed by atoms with van der Waals surface area (Å²) in [6, 6.07) is 7.64. The zero-order valence-corrected chi connectivity index (χ0v) is 18.0. The van der Waals surface area contributed by atoms with E-state index in [2.05, 4.69) is 26.8 Å². The maximum Gasteiger partial charge on any atom is 0.256 e. The number of nitrogens with zero attached hydrogens (tertiary/aromatic N) is 5. The lowest BCUT2D eigenvalue weighted by Gasteiger charge is -2.37. The Morgan fingerprint density at radius 1 is 1.16 bits per heavy atom. The van der Waals surface area contributed by atoms with E-state index in [9.17, 15) is 9.59 Å². The maximum atomic E-state index is 13.1. The molecule has 0 saturated carbocycles. The number of aromatic nitrogens is 4. The minimum atomic E-state index is -0.770. The number of aromatic amines is 1. The number of hydrogen-bond acceptors (Lipinski definition) is 6. The Morgan fingerprint density at radius 3 is 2.69 bits per heavy atom. The number of carbonyl (C=O) groups excluding carboxylic acids is 1. The molecule has 32 heavy (non-hydrogen) atoms. The summed E-state index contributed by atoms with van der Waals surface area (Å²) in [5.74, 6) is -0.146. The number of anilines is 1. The van der Waals surface area contributed by atoms with Crippen molar-refractivity contribution in [3.63, 3.8) is 0 Å². The van der Waals surface area contributed by atoms with Crippen LogP contribution in [-0.2, 0) is 0 Å². The molecule has 2 fully saturated rings. The predicted molar refractivity (Wildman–Crippen MR) is 123 cm³/mol. The van der Waals surface area contributed by atoms with Crippen LogP contribution in [0, 0.1) is 5.41 Å². The lowest BCUT2D eigenvalue weighted by molar-refractivity contribution is 0.100. The summed E-state index contributed by atoms with van der Waals surface area (Å²) < 4.78 is 1.82. The smallest absolute Gasteiger partial charge is 0.256 e. The fourth-order valence-corrected chi connectivity index (χ4v) is 5.40. The first kappa shape index (κ1) is 19.2. The second-order valence-corrected chi connectivity index (χ2v) is 9.28. The lowest BCUT2D eigenvalue weighted by atomic mass is 9.78. The summed E-state index contributed by atoms with van der Waals surface area (Å²) >= 11 is 0. The Labute approximate surface area is 183 Å². The quantitative estimate of drug-likeness (QED) is 0.500. The van der Waals surface area contributed by atoms with Gasteiger partial charge in [-0.1, -0.05) is 12.1 Å². The first-order valence-corrected chi connectivity index (χ1v) is 11.0. The van der Waals surface area contributed by atoms with Gasteiger partial charge in [0.2, 0.25) is 11.4 Å². The van der Waals surface area contributed by atoms with Crippen LogP contribution in [0.3, 0.4) is 0 Å². The summed E-state index contributed by atoms with van der Waals surface area (Å²) in [5.41, 5.74) is 7.87. The van der Waals surface area contributed by atoms with Gasteiger partial charge in [0.15, 0.2) is 5.65 Å². The van der Waals surface area contributed by atoms with Crippen molar-refractivity contribution in [1.29, 1.82) is 0 Å². The Balaban J connectivity index is 1.53. The van der Waals surface area contributed by atoms with Crippen LogP contribution in [0.25, 0.3) is 27.7 Å². The molecule has 0 atom stereocenters. The van der Waals surface area contributed by atoms with Gasteiger partial charge in [-0.25, -0.2) is 4.98 Å². The van der Waals surface area contributed by atoms with Gasteiger partial charge in [0.25, 0.3) is 5.91 Å². The van der Waals surface area contributed by atoms with E-state index in [-0.39, 0.29) is 10.9 Å². The van der Waals surface area contributed by atoms with Crippen molar-refractivity contribution >= 4 is 39.6 Å². The number of fused-ring (bicyclic) bond motifs is 5. The molecular weight excluding hydrogens is 406 g/mol. The monoisotopic (exact) mass is 431 g/mol. The zero-order chi connectivity index (χ0) is 22.0. The number of nitrogens with two attached hydrogens (primary N) is 1. The van der Waals surface area contributed by atoms with Crippen LogP contribution in [0.2, 0.25) is 0 Å². The van der Waals surface area contributed by atoms with Crippen molar-refractivity contribution in [2.75, 3.05) is 38.1 Å². The molecule has 0 radical (unpaired) electrons. The van der Waals surface area contributed by atoms with Crippen molar-refractivity contribution in [2.45, 2.75) is 19.3 Å². The minimum absolute atomic E-state index is 0.0727. The van der Waals surface area contributed by atoms with Crippen LogP contribution in [0.5, 0.6) is 0 Å². The summed E-state index contributed by atoms with van der Waals surface area (Å²) in [4.78, 5) is 42.5. The van der Waals surface area contributed by atoms with Gasteiger partial charge in [0.1, 0.15) is 11.2 Å². The number of nitrogens with one attached hydrogen (secondary N) is 1. The number of para-hydroxylation sites is 2. The van der Waals surface area contributed by atoms with Gasteiger partial charge >= 0.3 is 0 Å². The molecular formula is C23H25N7O2. The molecule has 4 aromatic rings. The number of pyridine rings is 1. The highest BCUT2D eigenvalue weighted by molar-refractivity contribution is 6.04. The molecule has 9 heteroatoms. The molecule has 1 amide bonds. The second-order valence-electron chi connectivity index (χ2n) is 9.28. The van der Waals surface area contributed by atoms with Crippen molar-refractivity contribution in [1.82, 2.24) is 24.3 Å². The summed E-state index contributed by atoms with van der Waals surface area (Å²) in [5, 5.41) is 0.290. The number of hydrogen-bond donors (Lipinski definition) is 2. The highest BCUT2D eigenvalue weighted by atomic mass is 16.2. The number of imidazole rings is 1. The van der Waals surface area contributed by atoms with E-state index in [1.165, 1.54) is 12.8 Å². The molecule has 6 rings (SSSR count). The number of benzene rings is 1. The molecule has 164 valence electrons. The molecule has 9 nitrogen and oxygen atoms in total. The zero-order valence-electron chi connectivity index (χ0n) is 18.0. The number of rotatable bonds is 2. The molecule has 1 aromatic carbocycles. The Bertz CT molecular complexity index is 1450. The van der Waals surface area contributed by atoms with Gasteiger partial charge < -0.3 is 20.5 Å². The number of primary amides is 1. The average Bonchev–Trinajstić information content (AvgIpc) is 3.37. The van der Waals surface area contributed by atoms with Gasteiger partial charge in [0.05, 0.1) is 16.4 Å². The Hall–Kier alpha value is -3.46. The van der Waals surface area contributed by atoms with Gasteiger partial charge in [-0.05, 0) is 56.9 Å². The molecule has 2 aliphatic heterocycles. The van der Waals surface area contributed by atoms with Crippen LogP contribution >= 0.6 is 0 Å². The van der Waals surface area contributed by atoms with E-state index in [1.807, 2.05) is 28.7 Å². The fourth-order valence-electron chi connectivity index (χ4n) is 5.40. The first-order valence-electron chi connectivity index (χ1n) is 11.0. The Morgan fingerprint density at radius 2 is 1.91 bits per heavy atom. The van der Waals surface area contributed by atoms with Crippen molar-refractivity contribution in [2.24, 2.45) is 11.1 Å². The molecule has 2 saturated heterocycles. The van der Waals surface area contributed by atoms with Crippen molar-refractivity contribution < 1.29 is 4.79 Å². The molecule has 5 heterocycles. The van der Waals surface area contributed by atoms with Crippen LogP contribution in [0.1, 0.15) is 29.6 Å². The normalized spacial score (nSPS) is 19.0. The predicted octanol–water partition coefficient (Wildman–Crippen LogP) is 1.74. The highest BCUT2D eigenvalue weighted by Gasteiger charge is 2.40. The minimum Gasteiger partial charge on any atom is -0.365 e. The first-order chi connectivity index (χ1) is 15.5. The van der Waals surface area contributed by atoms with Gasteiger partial charge in [0, 0.05) is 19.3 Å². The van der Waals surface area contributed by atoms with E-state index < -0.39 is 11.3 Å². The summed E-state index contributed by atoms with van der Waals surface area (Å²) in [7, 11) is 2.18.